The van der Waals surface area contributed by atoms with Crippen LogP contribution in [0.5, 0.6) is 0 Å². The molecule has 0 aromatic heterocycles. The smallest absolute Gasteiger partial charge is 0.332 e. The number of rotatable bonds is 4. The highest BCUT2D eigenvalue weighted by Gasteiger charge is 2.35. The van der Waals surface area contributed by atoms with E-state index in [4.69, 9.17) is 33.0 Å². The lowest BCUT2D eigenvalue weighted by atomic mass is 10.1. The van der Waals surface area contributed by atoms with E-state index in [2.05, 4.69) is 5.32 Å². The normalized spacial score (nSPS) is 22.8. The summed E-state index contributed by atoms with van der Waals surface area (Å²) in [5, 5.41) is 12.4. The van der Waals surface area contributed by atoms with Crippen LogP contribution in [0.1, 0.15) is 31.4 Å². The van der Waals surface area contributed by atoms with Crippen LogP contribution in [0.4, 0.5) is 0 Å². The Kier molecular flexibility index (Phi) is 5.08. The molecule has 1 aliphatic heterocycles. The van der Waals surface area contributed by atoms with Gasteiger partial charge in [-0.1, -0.05) is 35.3 Å². The van der Waals surface area contributed by atoms with E-state index in [1.807, 2.05) is 0 Å². The number of carboxylic acid groups (broad SMARTS) is 1. The Hall–Kier alpha value is -1.30. The van der Waals surface area contributed by atoms with Gasteiger partial charge in [0.25, 0.3) is 0 Å². The van der Waals surface area contributed by atoms with Crippen molar-refractivity contribution in [3.63, 3.8) is 0 Å². The summed E-state index contributed by atoms with van der Waals surface area (Å²) in [5.41, 5.74) is 0.699. The molecule has 1 aliphatic rings. The number of halogens is 2. The summed E-state index contributed by atoms with van der Waals surface area (Å²) in [6.07, 6.45) is -0.935. The SMILES string of the molecule is CC(NC(=O)[C@@H]1CC[C@H](C(=O)O)O1)c1cccc(Cl)c1Cl. The number of aliphatic carboxylic acids is 1. The van der Waals surface area contributed by atoms with Gasteiger partial charge in [-0.15, -0.1) is 0 Å². The number of carbonyl (C=O) groups excluding carboxylic acids is 1. The van der Waals surface area contributed by atoms with E-state index >= 15 is 0 Å². The fraction of sp³-hybridized carbons (Fsp3) is 0.429. The van der Waals surface area contributed by atoms with Crippen LogP contribution >= 0.6 is 23.2 Å². The molecule has 5 nitrogen and oxygen atoms in total. The van der Waals surface area contributed by atoms with Crippen molar-refractivity contribution in [1.82, 2.24) is 5.32 Å². The first-order valence-corrected chi connectivity index (χ1v) is 7.28. The van der Waals surface area contributed by atoms with Crippen LogP contribution in [-0.2, 0) is 14.3 Å². The zero-order valence-electron chi connectivity index (χ0n) is 11.3. The number of carboxylic acids is 1. The fourth-order valence-electron chi connectivity index (χ4n) is 2.25. The molecule has 3 atom stereocenters. The number of amides is 1. The van der Waals surface area contributed by atoms with Gasteiger partial charge in [0.1, 0.15) is 6.10 Å². The Bertz CT molecular complexity index is 564. The summed E-state index contributed by atoms with van der Waals surface area (Å²) >= 11 is 12.0. The number of carbonyl (C=O) groups is 2. The molecular formula is C14H15Cl2NO4. The van der Waals surface area contributed by atoms with Crippen molar-refractivity contribution in [1.29, 1.82) is 0 Å². The van der Waals surface area contributed by atoms with Crippen LogP contribution < -0.4 is 5.32 Å². The first kappa shape index (κ1) is 16.1. The fourth-order valence-corrected chi connectivity index (χ4v) is 2.72. The molecule has 1 amide bonds. The number of nitrogens with one attached hydrogen (secondary N) is 1. The molecule has 114 valence electrons. The van der Waals surface area contributed by atoms with Crippen LogP contribution in [0.25, 0.3) is 0 Å². The molecule has 1 aromatic carbocycles. The van der Waals surface area contributed by atoms with Gasteiger partial charge in [0.15, 0.2) is 6.10 Å². The third-order valence-corrected chi connectivity index (χ3v) is 4.23. The van der Waals surface area contributed by atoms with Crippen molar-refractivity contribution < 1.29 is 19.4 Å². The highest BCUT2D eigenvalue weighted by Crippen LogP contribution is 2.30. The van der Waals surface area contributed by atoms with Gasteiger partial charge in [-0.25, -0.2) is 4.79 Å². The van der Waals surface area contributed by atoms with Gasteiger partial charge in [0.2, 0.25) is 5.91 Å². The molecule has 0 saturated carbocycles. The highest BCUT2D eigenvalue weighted by molar-refractivity contribution is 6.42. The third-order valence-electron chi connectivity index (χ3n) is 3.39. The van der Waals surface area contributed by atoms with Crippen LogP contribution in [-0.4, -0.2) is 29.2 Å². The molecule has 0 bridgehead atoms. The quantitative estimate of drug-likeness (QED) is 0.889. The van der Waals surface area contributed by atoms with Crippen LogP contribution in [0.15, 0.2) is 18.2 Å². The maximum atomic E-state index is 12.1. The average molecular weight is 332 g/mol. The number of hydrogen-bond acceptors (Lipinski definition) is 3. The number of hydrogen-bond donors (Lipinski definition) is 2. The topological polar surface area (TPSA) is 75.6 Å². The van der Waals surface area contributed by atoms with E-state index in [9.17, 15) is 9.59 Å². The largest absolute Gasteiger partial charge is 0.479 e. The third kappa shape index (κ3) is 3.67. The lowest BCUT2D eigenvalue weighted by Gasteiger charge is -2.19. The summed E-state index contributed by atoms with van der Waals surface area (Å²) in [6.45, 7) is 1.78. The molecule has 1 heterocycles. The summed E-state index contributed by atoms with van der Waals surface area (Å²) in [7, 11) is 0. The van der Waals surface area contributed by atoms with E-state index in [0.29, 0.717) is 28.5 Å². The highest BCUT2D eigenvalue weighted by atomic mass is 35.5. The van der Waals surface area contributed by atoms with Crippen molar-refractivity contribution >= 4 is 35.1 Å². The van der Waals surface area contributed by atoms with E-state index in [1.165, 1.54) is 0 Å². The molecule has 1 saturated heterocycles. The first-order chi connectivity index (χ1) is 9.90. The van der Waals surface area contributed by atoms with Crippen molar-refractivity contribution in [2.24, 2.45) is 0 Å². The van der Waals surface area contributed by atoms with Gasteiger partial charge in [-0.3, -0.25) is 4.79 Å². The van der Waals surface area contributed by atoms with Crippen molar-refractivity contribution in [3.05, 3.63) is 33.8 Å². The summed E-state index contributed by atoms with van der Waals surface area (Å²) in [4.78, 5) is 22.9. The lowest BCUT2D eigenvalue weighted by molar-refractivity contribution is -0.151. The first-order valence-electron chi connectivity index (χ1n) is 6.52. The van der Waals surface area contributed by atoms with Gasteiger partial charge in [-0.05, 0) is 31.4 Å². The van der Waals surface area contributed by atoms with Gasteiger partial charge >= 0.3 is 5.97 Å². The lowest BCUT2D eigenvalue weighted by Crippen LogP contribution is -2.37. The minimum atomic E-state index is -1.05. The zero-order valence-corrected chi connectivity index (χ0v) is 12.8. The Balaban J connectivity index is 2.00. The van der Waals surface area contributed by atoms with Gasteiger partial charge in [0.05, 0.1) is 16.1 Å². The van der Waals surface area contributed by atoms with E-state index in [0.717, 1.165) is 0 Å². The van der Waals surface area contributed by atoms with E-state index in [1.54, 1.807) is 25.1 Å². The molecule has 2 rings (SSSR count). The van der Waals surface area contributed by atoms with Crippen LogP contribution in [0.2, 0.25) is 10.0 Å². The van der Waals surface area contributed by atoms with Crippen molar-refractivity contribution in [2.45, 2.75) is 38.0 Å². The maximum Gasteiger partial charge on any atom is 0.332 e. The maximum absolute atomic E-state index is 12.1. The van der Waals surface area contributed by atoms with E-state index < -0.39 is 18.2 Å². The molecule has 1 fully saturated rings. The predicted molar refractivity (Wildman–Crippen MR) is 78.6 cm³/mol. The molecule has 7 heteroatoms. The van der Waals surface area contributed by atoms with Gasteiger partial charge < -0.3 is 15.2 Å². The minimum absolute atomic E-state index is 0.333. The predicted octanol–water partition coefficient (Wildman–Crippen LogP) is 2.80. The summed E-state index contributed by atoms with van der Waals surface area (Å²) in [6, 6.07) is 4.84. The number of benzene rings is 1. The van der Waals surface area contributed by atoms with E-state index in [-0.39, 0.29) is 11.9 Å². The standard InChI is InChI=1S/C14H15Cl2NO4/c1-7(8-3-2-4-9(15)12(8)16)17-13(18)10-5-6-11(21-10)14(19)20/h2-4,7,10-11H,5-6H2,1H3,(H,17,18)(H,19,20)/t7?,10-,11+/m0/s1. The Morgan fingerprint density at radius 1 is 1.33 bits per heavy atom. The Morgan fingerprint density at radius 2 is 2.00 bits per heavy atom. The number of ether oxygens (including phenoxy) is 1. The van der Waals surface area contributed by atoms with Crippen LogP contribution in [0, 0.1) is 0 Å². The molecule has 0 spiro atoms. The van der Waals surface area contributed by atoms with Gasteiger partial charge in [0, 0.05) is 0 Å². The average Bonchev–Trinajstić information content (AvgIpc) is 2.91. The monoisotopic (exact) mass is 331 g/mol. The summed E-state index contributed by atoms with van der Waals surface area (Å²) in [5.74, 6) is -1.39. The Labute approximate surface area is 132 Å². The molecule has 1 unspecified atom stereocenters. The Morgan fingerprint density at radius 3 is 2.62 bits per heavy atom. The molecular weight excluding hydrogens is 317 g/mol. The summed E-state index contributed by atoms with van der Waals surface area (Å²) < 4.78 is 5.20. The second kappa shape index (κ2) is 6.64. The molecule has 0 radical (unpaired) electrons. The minimum Gasteiger partial charge on any atom is -0.479 e. The molecule has 0 aliphatic carbocycles. The molecule has 2 N–H and O–H groups in total. The molecule has 1 aromatic rings. The molecule has 21 heavy (non-hydrogen) atoms. The zero-order chi connectivity index (χ0) is 15.6. The van der Waals surface area contributed by atoms with Crippen molar-refractivity contribution in [2.75, 3.05) is 0 Å². The second-order valence-corrected chi connectivity index (χ2v) is 5.69. The van der Waals surface area contributed by atoms with Crippen LogP contribution in [0.3, 0.4) is 0 Å². The second-order valence-electron chi connectivity index (χ2n) is 4.90. The van der Waals surface area contributed by atoms with Crippen molar-refractivity contribution in [3.8, 4) is 0 Å². The van der Waals surface area contributed by atoms with Gasteiger partial charge in [-0.2, -0.15) is 0 Å².